The van der Waals surface area contributed by atoms with E-state index in [4.69, 9.17) is 0 Å². The molecule has 11 heavy (non-hydrogen) atoms. The molecule has 0 heterocycles. The highest BCUT2D eigenvalue weighted by Crippen LogP contribution is 2.41. The number of rotatable bonds is 2. The van der Waals surface area contributed by atoms with Crippen molar-refractivity contribution in [3.8, 4) is 0 Å². The molecule has 0 aromatic carbocycles. The summed E-state index contributed by atoms with van der Waals surface area (Å²) in [6.45, 7) is 3.22. The van der Waals surface area contributed by atoms with Crippen molar-refractivity contribution in [1.82, 2.24) is 0 Å². The smallest absolute Gasteiger partial charge is 0.206 e. The van der Waals surface area contributed by atoms with Crippen molar-refractivity contribution in [2.75, 3.05) is 0 Å². The van der Waals surface area contributed by atoms with Crippen molar-refractivity contribution in [2.24, 2.45) is 11.8 Å². The summed E-state index contributed by atoms with van der Waals surface area (Å²) in [7, 11) is 0. The molecular formula is C9H16F2. The van der Waals surface area contributed by atoms with Crippen LogP contribution in [-0.2, 0) is 0 Å². The van der Waals surface area contributed by atoms with Crippen LogP contribution in [0.1, 0.15) is 39.5 Å². The Labute approximate surface area is 67.0 Å². The third-order valence-electron chi connectivity index (χ3n) is 2.67. The first-order chi connectivity index (χ1) is 5.05. The lowest BCUT2D eigenvalue weighted by Crippen LogP contribution is -2.32. The quantitative estimate of drug-likeness (QED) is 0.583. The van der Waals surface area contributed by atoms with Crippen LogP contribution in [0.4, 0.5) is 8.78 Å². The normalized spacial score (nSPS) is 21.5. The van der Waals surface area contributed by atoms with Gasteiger partial charge in [0.25, 0.3) is 5.92 Å². The van der Waals surface area contributed by atoms with Crippen LogP contribution in [0.3, 0.4) is 0 Å². The fourth-order valence-corrected chi connectivity index (χ4v) is 1.78. The van der Waals surface area contributed by atoms with E-state index in [2.05, 4.69) is 0 Å². The molecule has 0 aromatic heterocycles. The van der Waals surface area contributed by atoms with Gasteiger partial charge in [0.2, 0.25) is 0 Å². The number of alkyl halides is 2. The Bertz CT molecular complexity index is 124. The molecule has 0 spiro atoms. The van der Waals surface area contributed by atoms with Crippen LogP contribution in [0.25, 0.3) is 0 Å². The largest absolute Gasteiger partial charge is 0.253 e. The minimum Gasteiger partial charge on any atom is -0.206 e. The Kier molecular flexibility index (Phi) is 2.50. The van der Waals surface area contributed by atoms with Crippen molar-refractivity contribution in [1.29, 1.82) is 0 Å². The molecule has 2 heteroatoms. The zero-order valence-corrected chi connectivity index (χ0v) is 7.24. The van der Waals surface area contributed by atoms with Crippen molar-refractivity contribution >= 4 is 0 Å². The second-order valence-corrected chi connectivity index (χ2v) is 3.81. The summed E-state index contributed by atoms with van der Waals surface area (Å²) in [5.41, 5.74) is 0. The lowest BCUT2D eigenvalue weighted by atomic mass is 9.91. The zero-order valence-electron chi connectivity index (χ0n) is 7.24. The monoisotopic (exact) mass is 162 g/mol. The van der Waals surface area contributed by atoms with Crippen molar-refractivity contribution < 1.29 is 8.78 Å². The third kappa shape index (κ3) is 1.71. The van der Waals surface area contributed by atoms with Gasteiger partial charge in [0.1, 0.15) is 0 Å². The molecule has 0 aliphatic heterocycles. The second kappa shape index (κ2) is 3.08. The van der Waals surface area contributed by atoms with Crippen LogP contribution in [0, 0.1) is 11.8 Å². The molecule has 1 fully saturated rings. The van der Waals surface area contributed by atoms with Crippen LogP contribution < -0.4 is 0 Å². The molecule has 1 aliphatic carbocycles. The highest BCUT2D eigenvalue weighted by Gasteiger charge is 2.43. The van der Waals surface area contributed by atoms with E-state index in [1.807, 2.05) is 0 Å². The lowest BCUT2D eigenvalue weighted by Gasteiger charge is -2.26. The summed E-state index contributed by atoms with van der Waals surface area (Å²) in [5.74, 6) is -3.25. The maximum atomic E-state index is 13.3. The molecule has 0 N–H and O–H groups in total. The maximum Gasteiger partial charge on any atom is 0.253 e. The molecular weight excluding hydrogens is 146 g/mol. The van der Waals surface area contributed by atoms with E-state index in [0.29, 0.717) is 0 Å². The third-order valence-corrected chi connectivity index (χ3v) is 2.67. The van der Waals surface area contributed by atoms with E-state index in [9.17, 15) is 8.78 Å². The van der Waals surface area contributed by atoms with E-state index in [1.165, 1.54) is 0 Å². The highest BCUT2D eigenvalue weighted by molar-refractivity contribution is 4.83. The average Bonchev–Trinajstić information content (AvgIpc) is 2.37. The van der Waals surface area contributed by atoms with Crippen LogP contribution in [0.2, 0.25) is 0 Å². The average molecular weight is 162 g/mol. The van der Waals surface area contributed by atoms with Crippen LogP contribution >= 0.6 is 0 Å². The summed E-state index contributed by atoms with van der Waals surface area (Å²) in [4.78, 5) is 0. The van der Waals surface area contributed by atoms with Gasteiger partial charge in [0.15, 0.2) is 0 Å². The second-order valence-electron chi connectivity index (χ2n) is 3.81. The summed E-state index contributed by atoms with van der Waals surface area (Å²) in [6, 6.07) is 0. The van der Waals surface area contributed by atoms with Gasteiger partial charge in [-0.05, 0) is 12.8 Å². The molecule has 1 rings (SSSR count). The van der Waals surface area contributed by atoms with E-state index in [0.717, 1.165) is 25.7 Å². The first-order valence-corrected chi connectivity index (χ1v) is 4.43. The summed E-state index contributed by atoms with van der Waals surface area (Å²) in [5, 5.41) is 0. The van der Waals surface area contributed by atoms with Gasteiger partial charge < -0.3 is 0 Å². The molecule has 0 unspecified atom stereocenters. The van der Waals surface area contributed by atoms with Gasteiger partial charge in [0.05, 0.1) is 0 Å². The molecule has 0 bridgehead atoms. The first-order valence-electron chi connectivity index (χ1n) is 4.43. The Morgan fingerprint density at radius 2 is 1.64 bits per heavy atom. The van der Waals surface area contributed by atoms with Crippen LogP contribution in [0.15, 0.2) is 0 Å². The molecule has 0 atom stereocenters. The van der Waals surface area contributed by atoms with E-state index >= 15 is 0 Å². The maximum absolute atomic E-state index is 13.3. The van der Waals surface area contributed by atoms with Gasteiger partial charge in [-0.15, -0.1) is 0 Å². The number of hydrogen-bond acceptors (Lipinski definition) is 0. The fraction of sp³-hybridized carbons (Fsp3) is 1.00. The summed E-state index contributed by atoms with van der Waals surface area (Å²) < 4.78 is 26.5. The van der Waals surface area contributed by atoms with E-state index in [-0.39, 0.29) is 5.92 Å². The van der Waals surface area contributed by atoms with Gasteiger partial charge >= 0.3 is 0 Å². The van der Waals surface area contributed by atoms with Gasteiger partial charge in [-0.25, -0.2) is 8.78 Å². The van der Waals surface area contributed by atoms with Gasteiger partial charge in [-0.3, -0.25) is 0 Å². The van der Waals surface area contributed by atoms with Crippen LogP contribution in [-0.4, -0.2) is 5.92 Å². The highest BCUT2D eigenvalue weighted by atomic mass is 19.3. The Morgan fingerprint density at radius 1 is 1.18 bits per heavy atom. The summed E-state index contributed by atoms with van der Waals surface area (Å²) >= 11 is 0. The van der Waals surface area contributed by atoms with Crippen LogP contribution in [0.5, 0.6) is 0 Å². The SMILES string of the molecule is CC(C)C(F)(F)C1CCCC1. The standard InChI is InChI=1S/C9H16F2/c1-7(2)9(10,11)8-5-3-4-6-8/h7-8H,3-6H2,1-2H3. The zero-order chi connectivity index (χ0) is 8.48. The predicted molar refractivity (Wildman–Crippen MR) is 41.7 cm³/mol. The van der Waals surface area contributed by atoms with Crippen molar-refractivity contribution in [2.45, 2.75) is 45.5 Å². The predicted octanol–water partition coefficient (Wildman–Crippen LogP) is 3.47. The van der Waals surface area contributed by atoms with E-state index in [1.54, 1.807) is 13.8 Å². The lowest BCUT2D eigenvalue weighted by molar-refractivity contribution is -0.0953. The molecule has 0 aromatic rings. The first kappa shape index (κ1) is 8.95. The van der Waals surface area contributed by atoms with Gasteiger partial charge in [-0.2, -0.15) is 0 Å². The molecule has 0 amide bonds. The van der Waals surface area contributed by atoms with Gasteiger partial charge in [-0.1, -0.05) is 26.7 Å². The number of hydrogen-bond donors (Lipinski definition) is 0. The molecule has 0 saturated heterocycles. The van der Waals surface area contributed by atoms with E-state index < -0.39 is 11.8 Å². The minimum atomic E-state index is -2.42. The fourth-order valence-electron chi connectivity index (χ4n) is 1.78. The summed E-state index contributed by atoms with van der Waals surface area (Å²) in [6.07, 6.45) is 3.44. The van der Waals surface area contributed by atoms with Crippen molar-refractivity contribution in [3.63, 3.8) is 0 Å². The molecule has 66 valence electrons. The Hall–Kier alpha value is -0.140. The van der Waals surface area contributed by atoms with Gasteiger partial charge in [0, 0.05) is 11.8 Å². The molecule has 1 saturated carbocycles. The van der Waals surface area contributed by atoms with Crippen molar-refractivity contribution in [3.05, 3.63) is 0 Å². The Balaban J connectivity index is 2.55. The number of halogens is 2. The molecule has 0 nitrogen and oxygen atoms in total. The Morgan fingerprint density at radius 3 is 2.00 bits per heavy atom. The minimum absolute atomic E-state index is 0.331. The molecule has 1 aliphatic rings. The molecule has 0 radical (unpaired) electrons. The topological polar surface area (TPSA) is 0 Å².